The lowest BCUT2D eigenvalue weighted by Gasteiger charge is -2.01. The van der Waals surface area contributed by atoms with Gasteiger partial charge in [0.15, 0.2) is 10.9 Å². The van der Waals surface area contributed by atoms with Crippen LogP contribution >= 0.6 is 11.3 Å². The number of anilines is 1. The van der Waals surface area contributed by atoms with Gasteiger partial charge < -0.3 is 4.98 Å². The quantitative estimate of drug-likeness (QED) is 0.724. The third-order valence-corrected chi connectivity index (χ3v) is 4.48. The van der Waals surface area contributed by atoms with Crippen molar-refractivity contribution in [1.29, 1.82) is 0 Å². The minimum absolute atomic E-state index is 0.0507. The van der Waals surface area contributed by atoms with Crippen LogP contribution in [0, 0.1) is 13.8 Å². The van der Waals surface area contributed by atoms with E-state index in [1.165, 1.54) is 18.3 Å². The topological polar surface area (TPSA) is 74.8 Å². The van der Waals surface area contributed by atoms with Gasteiger partial charge in [-0.2, -0.15) is 0 Å². The molecule has 0 radical (unpaired) electrons. The minimum Gasteiger partial charge on any atom is -0.354 e. The Morgan fingerprint density at radius 3 is 2.59 bits per heavy atom. The molecular formula is C16H15N3O2S. The first-order chi connectivity index (χ1) is 10.5. The van der Waals surface area contributed by atoms with E-state index in [9.17, 15) is 9.59 Å². The van der Waals surface area contributed by atoms with E-state index >= 15 is 0 Å². The van der Waals surface area contributed by atoms with E-state index in [0.29, 0.717) is 27.6 Å². The second-order valence-corrected chi connectivity index (χ2v) is 6.15. The number of para-hydroxylation sites is 1. The molecule has 0 aliphatic heterocycles. The van der Waals surface area contributed by atoms with Crippen molar-refractivity contribution in [2.24, 2.45) is 0 Å². The summed E-state index contributed by atoms with van der Waals surface area (Å²) >= 11 is 1.42. The maximum Gasteiger partial charge on any atom is 0.274 e. The molecule has 5 nitrogen and oxygen atoms in total. The van der Waals surface area contributed by atoms with Crippen molar-refractivity contribution in [3.63, 3.8) is 0 Å². The Morgan fingerprint density at radius 2 is 1.95 bits per heavy atom. The average molecular weight is 313 g/mol. The number of Topliss-reactive ketones (excluding diaryl/α,β-unsaturated/α-hetero) is 1. The Balaban J connectivity index is 1.91. The second kappa shape index (κ2) is 5.38. The van der Waals surface area contributed by atoms with E-state index < -0.39 is 0 Å². The number of fused-ring (bicyclic) bond motifs is 1. The van der Waals surface area contributed by atoms with Crippen LogP contribution in [-0.4, -0.2) is 21.7 Å². The summed E-state index contributed by atoms with van der Waals surface area (Å²) < 4.78 is 1.02. The number of carbonyl (C=O) groups excluding carboxylic acids is 2. The van der Waals surface area contributed by atoms with Crippen LogP contribution in [0.5, 0.6) is 0 Å². The van der Waals surface area contributed by atoms with Gasteiger partial charge in [-0.05, 0) is 38.5 Å². The Morgan fingerprint density at radius 1 is 1.23 bits per heavy atom. The van der Waals surface area contributed by atoms with E-state index in [1.54, 1.807) is 13.8 Å². The number of nitrogens with zero attached hydrogens (tertiary/aromatic N) is 1. The summed E-state index contributed by atoms with van der Waals surface area (Å²) in [5, 5.41) is 3.34. The van der Waals surface area contributed by atoms with Crippen LogP contribution in [0.4, 0.5) is 5.13 Å². The number of ketones is 1. The zero-order valence-electron chi connectivity index (χ0n) is 12.5. The van der Waals surface area contributed by atoms with Crippen LogP contribution in [0.3, 0.4) is 0 Å². The third-order valence-electron chi connectivity index (χ3n) is 3.53. The molecular weight excluding hydrogens is 298 g/mol. The van der Waals surface area contributed by atoms with Gasteiger partial charge in [0.25, 0.3) is 5.91 Å². The number of hydrogen-bond donors (Lipinski definition) is 2. The zero-order chi connectivity index (χ0) is 15.9. The van der Waals surface area contributed by atoms with Crippen LogP contribution in [0.1, 0.15) is 39.0 Å². The molecule has 6 heteroatoms. The number of aromatic nitrogens is 2. The maximum atomic E-state index is 12.4. The third kappa shape index (κ3) is 2.42. The highest BCUT2D eigenvalue weighted by atomic mass is 32.1. The molecule has 2 N–H and O–H groups in total. The molecule has 1 aromatic carbocycles. The van der Waals surface area contributed by atoms with Gasteiger partial charge in [0.2, 0.25) is 0 Å². The molecule has 3 aromatic rings. The number of thiazole rings is 1. The first kappa shape index (κ1) is 14.5. The molecule has 0 fully saturated rings. The fourth-order valence-electron chi connectivity index (χ4n) is 2.59. The smallest absolute Gasteiger partial charge is 0.274 e. The second-order valence-electron chi connectivity index (χ2n) is 5.12. The van der Waals surface area contributed by atoms with Crippen molar-refractivity contribution in [2.45, 2.75) is 20.8 Å². The molecule has 0 saturated carbocycles. The van der Waals surface area contributed by atoms with Crippen molar-refractivity contribution in [3.05, 3.63) is 46.8 Å². The van der Waals surface area contributed by atoms with E-state index in [1.807, 2.05) is 24.3 Å². The Kier molecular flexibility index (Phi) is 3.54. The monoisotopic (exact) mass is 313 g/mol. The number of benzene rings is 1. The largest absolute Gasteiger partial charge is 0.354 e. The first-order valence-corrected chi connectivity index (χ1v) is 7.66. The standard InChI is InChI=1S/C16H15N3O2S/c1-8-13(10(3)20)9(2)17-14(8)15(21)19-16-18-11-6-4-5-7-12(11)22-16/h4-7,17H,1-3H3,(H,18,19,21). The van der Waals surface area contributed by atoms with Crippen LogP contribution in [-0.2, 0) is 0 Å². The molecule has 22 heavy (non-hydrogen) atoms. The average Bonchev–Trinajstić information content (AvgIpc) is 2.98. The lowest BCUT2D eigenvalue weighted by Crippen LogP contribution is -2.13. The number of aromatic amines is 1. The Hall–Kier alpha value is -2.47. The predicted octanol–water partition coefficient (Wildman–Crippen LogP) is 3.70. The van der Waals surface area contributed by atoms with Crippen molar-refractivity contribution < 1.29 is 9.59 Å². The van der Waals surface area contributed by atoms with Gasteiger partial charge in [0.1, 0.15) is 5.69 Å². The van der Waals surface area contributed by atoms with Crippen LogP contribution in [0.2, 0.25) is 0 Å². The van der Waals surface area contributed by atoms with E-state index in [-0.39, 0.29) is 11.7 Å². The highest BCUT2D eigenvalue weighted by Gasteiger charge is 2.20. The number of aryl methyl sites for hydroxylation is 1. The SMILES string of the molecule is CC(=O)c1c(C)[nH]c(C(=O)Nc2nc3ccccc3s2)c1C. The highest BCUT2D eigenvalue weighted by molar-refractivity contribution is 7.22. The summed E-state index contributed by atoms with van der Waals surface area (Å²) in [5.74, 6) is -0.336. The molecule has 0 unspecified atom stereocenters. The van der Waals surface area contributed by atoms with Gasteiger partial charge in [-0.25, -0.2) is 4.98 Å². The summed E-state index contributed by atoms with van der Waals surface area (Å²) in [5.41, 5.74) is 3.21. The number of hydrogen-bond acceptors (Lipinski definition) is 4. The van der Waals surface area contributed by atoms with Crippen molar-refractivity contribution in [3.8, 4) is 0 Å². The van der Waals surface area contributed by atoms with Gasteiger partial charge >= 0.3 is 0 Å². The molecule has 2 aromatic heterocycles. The Bertz CT molecular complexity index is 859. The zero-order valence-corrected chi connectivity index (χ0v) is 13.3. The molecule has 0 aliphatic carbocycles. The van der Waals surface area contributed by atoms with Gasteiger partial charge in [-0.15, -0.1) is 0 Å². The molecule has 0 aliphatic rings. The molecule has 0 atom stereocenters. The van der Waals surface area contributed by atoms with Crippen molar-refractivity contribution >= 4 is 38.4 Å². The number of amides is 1. The van der Waals surface area contributed by atoms with Gasteiger partial charge in [0.05, 0.1) is 10.2 Å². The van der Waals surface area contributed by atoms with Crippen LogP contribution in [0.15, 0.2) is 24.3 Å². The molecule has 112 valence electrons. The maximum absolute atomic E-state index is 12.4. The fraction of sp³-hybridized carbons (Fsp3) is 0.188. The summed E-state index contributed by atoms with van der Waals surface area (Å²) in [6, 6.07) is 7.70. The van der Waals surface area contributed by atoms with Crippen LogP contribution < -0.4 is 5.32 Å². The molecule has 3 rings (SSSR count). The number of carbonyl (C=O) groups is 2. The van der Waals surface area contributed by atoms with Gasteiger partial charge in [-0.1, -0.05) is 23.5 Å². The molecule has 0 saturated heterocycles. The highest BCUT2D eigenvalue weighted by Crippen LogP contribution is 2.26. The summed E-state index contributed by atoms with van der Waals surface area (Å²) in [7, 11) is 0. The summed E-state index contributed by atoms with van der Waals surface area (Å²) in [4.78, 5) is 31.4. The number of rotatable bonds is 3. The lowest BCUT2D eigenvalue weighted by atomic mass is 10.1. The van der Waals surface area contributed by atoms with E-state index in [0.717, 1.165) is 10.2 Å². The normalized spacial score (nSPS) is 10.9. The van der Waals surface area contributed by atoms with Crippen molar-refractivity contribution in [1.82, 2.24) is 9.97 Å². The molecule has 0 spiro atoms. The lowest BCUT2D eigenvalue weighted by molar-refractivity contribution is 0.101. The van der Waals surface area contributed by atoms with Crippen LogP contribution in [0.25, 0.3) is 10.2 Å². The number of nitrogens with one attached hydrogen (secondary N) is 2. The fourth-order valence-corrected chi connectivity index (χ4v) is 3.45. The predicted molar refractivity (Wildman–Crippen MR) is 87.8 cm³/mol. The number of H-pyrrole nitrogens is 1. The Labute approximate surface area is 131 Å². The summed E-state index contributed by atoms with van der Waals surface area (Å²) in [6.45, 7) is 5.06. The van der Waals surface area contributed by atoms with E-state index in [2.05, 4.69) is 15.3 Å². The van der Waals surface area contributed by atoms with E-state index in [4.69, 9.17) is 0 Å². The van der Waals surface area contributed by atoms with Gasteiger partial charge in [-0.3, -0.25) is 14.9 Å². The molecule has 2 heterocycles. The summed E-state index contributed by atoms with van der Waals surface area (Å²) in [6.07, 6.45) is 0. The van der Waals surface area contributed by atoms with Crippen molar-refractivity contribution in [2.75, 3.05) is 5.32 Å². The molecule has 1 amide bonds. The minimum atomic E-state index is -0.285. The molecule has 0 bridgehead atoms. The first-order valence-electron chi connectivity index (χ1n) is 6.84. The van der Waals surface area contributed by atoms with Gasteiger partial charge in [0, 0.05) is 11.3 Å².